The molecule has 1 saturated carbocycles. The second-order valence-corrected chi connectivity index (χ2v) is 14.1. The number of carbonyl (C=O) groups excluding carboxylic acids is 3. The predicted octanol–water partition coefficient (Wildman–Crippen LogP) is 6.76. The lowest BCUT2D eigenvalue weighted by atomic mass is 9.97. The third kappa shape index (κ3) is 6.66. The number of nitriles is 1. The van der Waals surface area contributed by atoms with E-state index < -0.39 is 6.04 Å². The van der Waals surface area contributed by atoms with Crippen molar-refractivity contribution in [2.75, 3.05) is 36.0 Å². The second kappa shape index (κ2) is 14.2. The Kier molecular flexibility index (Phi) is 9.49. The molecule has 3 heterocycles. The predicted molar refractivity (Wildman–Crippen MR) is 194 cm³/mol. The fourth-order valence-corrected chi connectivity index (χ4v) is 7.43. The number of hydrogen-bond acceptors (Lipinski definition) is 9. The zero-order valence-electron chi connectivity index (χ0n) is 29.4. The molecular weight excluding hydrogens is 642 g/mol. The van der Waals surface area contributed by atoms with E-state index in [2.05, 4.69) is 70.4 Å². The molecule has 0 bridgehead atoms. The molecule has 3 aliphatic rings. The number of amides is 1. The van der Waals surface area contributed by atoms with Crippen molar-refractivity contribution >= 4 is 35.5 Å². The molecule has 1 unspecified atom stereocenters. The van der Waals surface area contributed by atoms with Crippen molar-refractivity contribution < 1.29 is 23.6 Å². The summed E-state index contributed by atoms with van der Waals surface area (Å²) in [7, 11) is 0. The van der Waals surface area contributed by atoms with Gasteiger partial charge in [0.2, 0.25) is 0 Å². The van der Waals surface area contributed by atoms with Crippen LogP contribution in [0, 0.1) is 32.1 Å². The minimum Gasteiger partial charge on any atom is -0.374 e. The van der Waals surface area contributed by atoms with Gasteiger partial charge < -0.3 is 33.5 Å². The molecule has 1 amide bonds. The summed E-state index contributed by atoms with van der Waals surface area (Å²) in [6.45, 7) is 9.21. The summed E-state index contributed by atoms with van der Waals surface area (Å²) in [6.07, 6.45) is 4.85. The van der Waals surface area contributed by atoms with Crippen LogP contribution in [-0.4, -0.2) is 66.9 Å². The normalized spacial score (nSPS) is 16.7. The average molecular weight is 686 g/mol. The van der Waals surface area contributed by atoms with Gasteiger partial charge in [0.1, 0.15) is 18.3 Å². The number of carbonyl (C=O) groups is 3. The molecule has 10 heteroatoms. The molecule has 1 atom stereocenters. The fraction of sp³-hybridized carbons (Fsp3) is 0.390. The topological polar surface area (TPSA) is 120 Å². The number of anilines is 3. The standard InChI is InChI=1S/C41H43N5O5/c1-27-7-8-30(39-28(2)43-51-29(39)3)20-38(27)45(33-13-10-32(11-14-33)41(26-42)15-16-41)17-5-19-50-36-23-44(24-36)34-12-9-31-22-46(40(49)37(31)21-34)35(25-48)6-4-18-47/h7-14,18,20-21,25,35-36H,4-6,15-17,19,22-24H2,1-3H3. The lowest BCUT2D eigenvalue weighted by Gasteiger charge is -2.41. The van der Waals surface area contributed by atoms with Crippen molar-refractivity contribution in [3.63, 3.8) is 0 Å². The molecule has 4 aromatic rings. The molecule has 1 saturated heterocycles. The number of aromatic nitrogens is 1. The van der Waals surface area contributed by atoms with Crippen molar-refractivity contribution in [3.8, 4) is 17.2 Å². The summed E-state index contributed by atoms with van der Waals surface area (Å²) in [4.78, 5) is 41.7. The molecule has 1 aromatic heterocycles. The van der Waals surface area contributed by atoms with E-state index in [0.29, 0.717) is 25.1 Å². The second-order valence-electron chi connectivity index (χ2n) is 14.1. The molecule has 0 spiro atoms. The van der Waals surface area contributed by atoms with Crippen LogP contribution in [-0.2, 0) is 26.3 Å². The van der Waals surface area contributed by atoms with E-state index >= 15 is 0 Å². The molecule has 51 heavy (non-hydrogen) atoms. The van der Waals surface area contributed by atoms with Gasteiger partial charge in [-0.1, -0.05) is 35.5 Å². The van der Waals surface area contributed by atoms with Gasteiger partial charge in [0.05, 0.1) is 29.3 Å². The van der Waals surface area contributed by atoms with Crippen molar-refractivity contribution in [2.45, 2.75) is 77.0 Å². The highest BCUT2D eigenvalue weighted by atomic mass is 16.5. The first-order valence-corrected chi connectivity index (χ1v) is 17.8. The first-order valence-electron chi connectivity index (χ1n) is 17.8. The maximum Gasteiger partial charge on any atom is 0.255 e. The van der Waals surface area contributed by atoms with E-state index in [9.17, 15) is 19.6 Å². The van der Waals surface area contributed by atoms with E-state index in [0.717, 1.165) is 108 Å². The van der Waals surface area contributed by atoms with Gasteiger partial charge >= 0.3 is 0 Å². The van der Waals surface area contributed by atoms with Crippen molar-refractivity contribution in [1.82, 2.24) is 10.1 Å². The van der Waals surface area contributed by atoms with Crippen LogP contribution in [0.15, 0.2) is 65.2 Å². The van der Waals surface area contributed by atoms with Crippen molar-refractivity contribution in [1.29, 1.82) is 5.26 Å². The minimum atomic E-state index is -0.593. The number of aryl methyl sites for hydroxylation is 3. The Labute approximate surface area is 298 Å². The molecule has 1 aliphatic carbocycles. The van der Waals surface area contributed by atoms with Gasteiger partial charge in [-0.15, -0.1) is 0 Å². The monoisotopic (exact) mass is 685 g/mol. The quantitative estimate of drug-likeness (QED) is 0.0988. The minimum absolute atomic E-state index is 0.0892. The fourth-order valence-electron chi connectivity index (χ4n) is 7.43. The summed E-state index contributed by atoms with van der Waals surface area (Å²) >= 11 is 0. The van der Waals surface area contributed by atoms with Crippen molar-refractivity contribution in [2.24, 2.45) is 0 Å². The van der Waals surface area contributed by atoms with Gasteiger partial charge in [0.15, 0.2) is 0 Å². The first kappa shape index (κ1) is 34.2. The highest BCUT2D eigenvalue weighted by Crippen LogP contribution is 2.48. The van der Waals surface area contributed by atoms with E-state index in [-0.39, 0.29) is 23.8 Å². The Hall–Kier alpha value is -5.27. The van der Waals surface area contributed by atoms with Gasteiger partial charge in [-0.25, -0.2) is 0 Å². The maximum atomic E-state index is 13.2. The van der Waals surface area contributed by atoms with E-state index in [1.54, 1.807) is 4.90 Å². The third-order valence-electron chi connectivity index (χ3n) is 10.7. The smallest absolute Gasteiger partial charge is 0.255 e. The van der Waals surface area contributed by atoms with E-state index in [1.807, 2.05) is 32.0 Å². The number of hydrogen-bond donors (Lipinski definition) is 0. The Balaban J connectivity index is 0.996. The highest BCUT2D eigenvalue weighted by Gasteiger charge is 2.44. The largest absolute Gasteiger partial charge is 0.374 e. The molecule has 2 aliphatic heterocycles. The SMILES string of the molecule is Cc1ccc(-c2c(C)noc2C)cc1N(CCCOC1CN(c2ccc3c(c2)C(=O)N(C(C=O)CCC=O)C3)C1)c1ccc(C2(C#N)CC2)cc1. The van der Waals surface area contributed by atoms with Crippen LogP contribution in [0.25, 0.3) is 11.1 Å². The molecule has 10 nitrogen and oxygen atoms in total. The summed E-state index contributed by atoms with van der Waals surface area (Å²) in [5, 5.41) is 13.9. The summed E-state index contributed by atoms with van der Waals surface area (Å²) in [5.74, 6) is 0.630. The first-order chi connectivity index (χ1) is 24.7. The van der Waals surface area contributed by atoms with Crippen molar-refractivity contribution in [3.05, 3.63) is 94.4 Å². The van der Waals surface area contributed by atoms with Crippen LogP contribution in [0.5, 0.6) is 0 Å². The van der Waals surface area contributed by atoms with E-state index in [1.165, 1.54) is 0 Å². The number of fused-ring (bicyclic) bond motifs is 1. The maximum absolute atomic E-state index is 13.2. The highest BCUT2D eigenvalue weighted by molar-refractivity contribution is 6.00. The number of aldehydes is 2. The summed E-state index contributed by atoms with van der Waals surface area (Å²) in [5.41, 5.74) is 9.48. The van der Waals surface area contributed by atoms with Gasteiger partial charge in [0, 0.05) is 67.4 Å². The molecular formula is C41H43N5O5. The Morgan fingerprint density at radius 3 is 2.53 bits per heavy atom. The zero-order chi connectivity index (χ0) is 35.7. The van der Waals surface area contributed by atoms with Crippen LogP contribution in [0.1, 0.15) is 70.6 Å². The number of rotatable bonds is 15. The Morgan fingerprint density at radius 2 is 1.86 bits per heavy atom. The number of ether oxygens (including phenoxy) is 1. The molecule has 7 rings (SSSR count). The lowest BCUT2D eigenvalue weighted by molar-refractivity contribution is -0.112. The molecule has 3 aromatic carbocycles. The van der Waals surface area contributed by atoms with Gasteiger partial charge in [-0.3, -0.25) is 4.79 Å². The average Bonchev–Trinajstić information content (AvgIpc) is 3.77. The lowest BCUT2D eigenvalue weighted by Crippen LogP contribution is -2.52. The van der Waals surface area contributed by atoms with Gasteiger partial charge in [-0.05, 0) is 99.0 Å². The Bertz CT molecular complexity index is 1970. The summed E-state index contributed by atoms with van der Waals surface area (Å²) in [6, 6.07) is 22.8. The number of nitrogens with zero attached hydrogens (tertiary/aromatic N) is 5. The van der Waals surface area contributed by atoms with Gasteiger partial charge in [-0.2, -0.15) is 5.26 Å². The summed E-state index contributed by atoms with van der Waals surface area (Å²) < 4.78 is 11.8. The zero-order valence-corrected chi connectivity index (χ0v) is 29.4. The molecule has 0 radical (unpaired) electrons. The van der Waals surface area contributed by atoms with Gasteiger partial charge in [0.25, 0.3) is 5.91 Å². The molecule has 262 valence electrons. The third-order valence-corrected chi connectivity index (χ3v) is 10.7. The molecule has 2 fully saturated rings. The van der Waals surface area contributed by atoms with Crippen LogP contribution >= 0.6 is 0 Å². The number of benzene rings is 3. The van der Waals surface area contributed by atoms with E-state index in [4.69, 9.17) is 9.26 Å². The van der Waals surface area contributed by atoms with Crippen LogP contribution in [0.3, 0.4) is 0 Å². The van der Waals surface area contributed by atoms with Crippen LogP contribution in [0.2, 0.25) is 0 Å². The Morgan fingerprint density at radius 1 is 1.08 bits per heavy atom. The van der Waals surface area contributed by atoms with Crippen LogP contribution < -0.4 is 9.80 Å². The molecule has 0 N–H and O–H groups in total. The van der Waals surface area contributed by atoms with Crippen LogP contribution in [0.4, 0.5) is 17.1 Å².